The van der Waals surface area contributed by atoms with Crippen LogP contribution in [0.15, 0.2) is 41.2 Å². The van der Waals surface area contributed by atoms with Crippen LogP contribution in [0.25, 0.3) is 11.3 Å². The number of hydrogen-bond acceptors (Lipinski definition) is 4. The first-order chi connectivity index (χ1) is 12.6. The Labute approximate surface area is 149 Å². The second-order valence-corrected chi connectivity index (χ2v) is 6.50. The van der Waals surface area contributed by atoms with Crippen LogP contribution in [-0.4, -0.2) is 36.5 Å². The van der Waals surface area contributed by atoms with E-state index in [0.29, 0.717) is 25.1 Å². The van der Waals surface area contributed by atoms with Gasteiger partial charge in [-0.3, -0.25) is 14.0 Å². The molecule has 1 aliphatic rings. The second-order valence-electron chi connectivity index (χ2n) is 6.50. The number of amides is 1. The molecular formula is C18H20N6O2. The summed E-state index contributed by atoms with van der Waals surface area (Å²) >= 11 is 0. The Hall–Kier alpha value is -3.16. The molecule has 8 nitrogen and oxygen atoms in total. The zero-order valence-electron chi connectivity index (χ0n) is 14.5. The van der Waals surface area contributed by atoms with Crippen LogP contribution in [0.3, 0.4) is 0 Å². The normalized spacial score (nSPS) is 16.7. The van der Waals surface area contributed by atoms with Gasteiger partial charge in [0.25, 0.3) is 5.91 Å². The first-order valence-corrected chi connectivity index (χ1v) is 8.66. The van der Waals surface area contributed by atoms with Crippen molar-refractivity contribution in [3.05, 3.63) is 58.4 Å². The van der Waals surface area contributed by atoms with Crippen LogP contribution >= 0.6 is 0 Å². The van der Waals surface area contributed by atoms with Gasteiger partial charge >= 0.3 is 5.69 Å². The van der Waals surface area contributed by atoms with E-state index in [1.54, 1.807) is 22.4 Å². The second kappa shape index (κ2) is 6.62. The van der Waals surface area contributed by atoms with E-state index < -0.39 is 0 Å². The number of rotatable bonds is 3. The Balaban J connectivity index is 1.47. The van der Waals surface area contributed by atoms with Crippen molar-refractivity contribution in [1.82, 2.24) is 29.9 Å². The molecule has 0 fully saturated rings. The van der Waals surface area contributed by atoms with Gasteiger partial charge < -0.3 is 5.32 Å². The van der Waals surface area contributed by atoms with Crippen molar-refractivity contribution in [3.63, 3.8) is 0 Å². The molecule has 1 amide bonds. The average molecular weight is 352 g/mol. The highest BCUT2D eigenvalue weighted by atomic mass is 16.2. The smallest absolute Gasteiger partial charge is 0.343 e. The minimum absolute atomic E-state index is 0.00123. The largest absolute Gasteiger partial charge is 0.348 e. The lowest BCUT2D eigenvalue weighted by molar-refractivity contribution is 0.0923. The van der Waals surface area contributed by atoms with Gasteiger partial charge in [-0.05, 0) is 18.9 Å². The number of H-pyrrole nitrogens is 1. The molecule has 1 aliphatic heterocycles. The third kappa shape index (κ3) is 3.05. The highest BCUT2D eigenvalue weighted by Crippen LogP contribution is 2.19. The van der Waals surface area contributed by atoms with Gasteiger partial charge in [-0.1, -0.05) is 30.3 Å². The van der Waals surface area contributed by atoms with Gasteiger partial charge in [0, 0.05) is 31.6 Å². The maximum Gasteiger partial charge on any atom is 0.343 e. The van der Waals surface area contributed by atoms with Gasteiger partial charge in [0.05, 0.1) is 5.69 Å². The van der Waals surface area contributed by atoms with E-state index in [0.717, 1.165) is 23.5 Å². The van der Waals surface area contributed by atoms with E-state index in [1.807, 2.05) is 30.3 Å². The highest BCUT2D eigenvalue weighted by molar-refractivity contribution is 5.93. The lowest BCUT2D eigenvalue weighted by atomic mass is 10.1. The van der Waals surface area contributed by atoms with Crippen LogP contribution in [0.5, 0.6) is 0 Å². The first-order valence-electron chi connectivity index (χ1n) is 8.66. The van der Waals surface area contributed by atoms with Crippen molar-refractivity contribution in [2.24, 2.45) is 7.05 Å². The summed E-state index contributed by atoms with van der Waals surface area (Å²) in [7, 11) is 1.77. The highest BCUT2D eigenvalue weighted by Gasteiger charge is 2.22. The summed E-state index contributed by atoms with van der Waals surface area (Å²) in [5, 5.41) is 14.0. The molecule has 26 heavy (non-hydrogen) atoms. The molecule has 0 spiro atoms. The number of nitrogens with zero attached hydrogens (tertiary/aromatic N) is 4. The fourth-order valence-corrected chi connectivity index (χ4v) is 3.34. The standard InChI is InChI=1S/C18H20N6O2/c1-23-15(11-14(22-23)12-5-3-2-4-6-12)17(25)19-13-7-8-16-20-21-18(26)24(16)10-9-13/h2-6,11,13H,7-10H2,1H3,(H,19,25)(H,21,26). The molecule has 4 rings (SSSR count). The van der Waals surface area contributed by atoms with Crippen molar-refractivity contribution in [2.75, 3.05) is 0 Å². The lowest BCUT2D eigenvalue weighted by Gasteiger charge is -2.15. The van der Waals surface area contributed by atoms with Crippen LogP contribution in [-0.2, 0) is 20.0 Å². The van der Waals surface area contributed by atoms with Gasteiger partial charge in [0.1, 0.15) is 11.5 Å². The Morgan fingerprint density at radius 2 is 2.08 bits per heavy atom. The maximum absolute atomic E-state index is 12.7. The zero-order valence-corrected chi connectivity index (χ0v) is 14.5. The van der Waals surface area contributed by atoms with Crippen LogP contribution in [0.1, 0.15) is 29.2 Å². The van der Waals surface area contributed by atoms with E-state index in [2.05, 4.69) is 20.6 Å². The van der Waals surface area contributed by atoms with Crippen molar-refractivity contribution in [2.45, 2.75) is 31.8 Å². The van der Waals surface area contributed by atoms with Gasteiger partial charge in [0.2, 0.25) is 0 Å². The Bertz CT molecular complexity index is 985. The molecular weight excluding hydrogens is 332 g/mol. The van der Waals surface area contributed by atoms with Crippen molar-refractivity contribution in [3.8, 4) is 11.3 Å². The molecule has 2 N–H and O–H groups in total. The van der Waals surface area contributed by atoms with Crippen LogP contribution in [0.2, 0.25) is 0 Å². The Morgan fingerprint density at radius 1 is 1.27 bits per heavy atom. The summed E-state index contributed by atoms with van der Waals surface area (Å²) in [4.78, 5) is 24.4. The van der Waals surface area contributed by atoms with Crippen molar-refractivity contribution < 1.29 is 4.79 Å². The molecule has 1 unspecified atom stereocenters. The molecule has 1 aromatic carbocycles. The fourth-order valence-electron chi connectivity index (χ4n) is 3.34. The summed E-state index contributed by atoms with van der Waals surface area (Å²) in [6, 6.07) is 11.6. The van der Waals surface area contributed by atoms with E-state index in [9.17, 15) is 9.59 Å². The summed E-state index contributed by atoms with van der Waals surface area (Å²) in [6.07, 6.45) is 2.10. The van der Waals surface area contributed by atoms with Gasteiger partial charge in [-0.2, -0.15) is 10.2 Å². The summed E-state index contributed by atoms with van der Waals surface area (Å²) in [5.74, 6) is 0.597. The molecule has 134 valence electrons. The molecule has 1 atom stereocenters. The minimum atomic E-state index is -0.189. The van der Waals surface area contributed by atoms with E-state index >= 15 is 0 Å². The molecule has 0 aliphatic carbocycles. The molecule has 2 aromatic heterocycles. The number of carbonyl (C=O) groups is 1. The molecule has 0 radical (unpaired) electrons. The molecule has 0 saturated carbocycles. The van der Waals surface area contributed by atoms with Gasteiger partial charge in [-0.25, -0.2) is 9.89 Å². The third-order valence-electron chi connectivity index (χ3n) is 4.77. The molecule has 3 heterocycles. The molecule has 0 bridgehead atoms. The predicted molar refractivity (Wildman–Crippen MR) is 95.7 cm³/mol. The number of aryl methyl sites for hydroxylation is 2. The predicted octanol–water partition coefficient (Wildman–Crippen LogP) is 1.11. The number of carbonyl (C=O) groups excluding carboxylic acids is 1. The number of nitrogens with one attached hydrogen (secondary N) is 2. The quantitative estimate of drug-likeness (QED) is 0.738. The SMILES string of the molecule is Cn1nc(-c2ccccc2)cc1C(=O)NC1CCc2n[nH]c(=O)n2CC1. The average Bonchev–Trinajstić information content (AvgIpc) is 3.14. The third-order valence-corrected chi connectivity index (χ3v) is 4.77. The van der Waals surface area contributed by atoms with Gasteiger partial charge in [0.15, 0.2) is 0 Å². The summed E-state index contributed by atoms with van der Waals surface area (Å²) < 4.78 is 3.24. The topological polar surface area (TPSA) is 97.6 Å². The van der Waals surface area contributed by atoms with Crippen LogP contribution < -0.4 is 11.0 Å². The monoisotopic (exact) mass is 352 g/mol. The molecule has 0 saturated heterocycles. The fraction of sp³-hybridized carbons (Fsp3) is 0.333. The van der Waals surface area contributed by atoms with E-state index in [4.69, 9.17) is 0 Å². The number of aromatic nitrogens is 5. The van der Waals surface area contributed by atoms with Crippen LogP contribution in [0.4, 0.5) is 0 Å². The molecule has 8 heteroatoms. The number of aromatic amines is 1. The maximum atomic E-state index is 12.7. The zero-order chi connectivity index (χ0) is 18.1. The number of fused-ring (bicyclic) bond motifs is 1. The van der Waals surface area contributed by atoms with Crippen molar-refractivity contribution >= 4 is 5.91 Å². The minimum Gasteiger partial charge on any atom is -0.348 e. The first kappa shape index (κ1) is 16.3. The molecule has 3 aromatic rings. The summed E-state index contributed by atoms with van der Waals surface area (Å²) in [5.41, 5.74) is 2.07. The Kier molecular flexibility index (Phi) is 4.16. The number of hydrogen-bond donors (Lipinski definition) is 2. The summed E-state index contributed by atoms with van der Waals surface area (Å²) in [6.45, 7) is 0.552. The van der Waals surface area contributed by atoms with Crippen LogP contribution in [0, 0.1) is 0 Å². The van der Waals surface area contributed by atoms with E-state index in [1.165, 1.54) is 0 Å². The Morgan fingerprint density at radius 3 is 2.88 bits per heavy atom. The van der Waals surface area contributed by atoms with Gasteiger partial charge in [-0.15, -0.1) is 0 Å². The van der Waals surface area contributed by atoms with Crippen molar-refractivity contribution in [1.29, 1.82) is 0 Å². The van der Waals surface area contributed by atoms with E-state index in [-0.39, 0.29) is 17.6 Å². The lowest BCUT2D eigenvalue weighted by Crippen LogP contribution is -2.36. The number of benzene rings is 1.